The van der Waals surface area contributed by atoms with Gasteiger partial charge in [0.25, 0.3) is 5.69 Å². The zero-order chi connectivity index (χ0) is 20.9. The second-order valence-electron chi connectivity index (χ2n) is 6.74. The van der Waals surface area contributed by atoms with Gasteiger partial charge in [0.05, 0.1) is 28.6 Å². The number of nitro groups is 1. The van der Waals surface area contributed by atoms with Crippen LogP contribution in [-0.2, 0) is 17.3 Å². The first-order chi connectivity index (χ1) is 13.8. The Labute approximate surface area is 171 Å². The Balaban J connectivity index is 1.69. The highest BCUT2D eigenvalue weighted by molar-refractivity contribution is 7.99. The number of hydrogen-bond acceptors (Lipinski definition) is 5. The molecule has 0 unspecified atom stereocenters. The molecule has 0 spiro atoms. The van der Waals surface area contributed by atoms with Crippen molar-refractivity contribution in [2.75, 3.05) is 32.8 Å². The summed E-state index contributed by atoms with van der Waals surface area (Å²) in [5.74, 6) is 0. The van der Waals surface area contributed by atoms with E-state index in [1.165, 1.54) is 18.2 Å². The molecule has 0 aromatic heterocycles. The maximum atomic E-state index is 12.9. The lowest BCUT2D eigenvalue weighted by Gasteiger charge is -2.26. The summed E-state index contributed by atoms with van der Waals surface area (Å²) in [4.78, 5) is 14.0. The average molecular weight is 426 g/mol. The van der Waals surface area contributed by atoms with Crippen molar-refractivity contribution in [2.24, 2.45) is 0 Å². The number of aryl methyl sites for hydroxylation is 1. The van der Waals surface area contributed by atoms with Gasteiger partial charge in [-0.1, -0.05) is 23.9 Å². The molecule has 1 saturated heterocycles. The van der Waals surface area contributed by atoms with Gasteiger partial charge in [-0.3, -0.25) is 15.0 Å². The minimum absolute atomic E-state index is 0.0868. The van der Waals surface area contributed by atoms with E-state index >= 15 is 0 Å². The van der Waals surface area contributed by atoms with Crippen LogP contribution in [0.5, 0.6) is 0 Å². The summed E-state index contributed by atoms with van der Waals surface area (Å²) in [5.41, 5.74) is -0.0143. The minimum Gasteiger partial charge on any atom is -0.379 e. The first-order valence-corrected chi connectivity index (χ1v) is 10.1. The topological polar surface area (TPSA) is 55.6 Å². The van der Waals surface area contributed by atoms with Crippen molar-refractivity contribution < 1.29 is 22.8 Å². The summed E-state index contributed by atoms with van der Waals surface area (Å²) >= 11 is 0.964. The highest BCUT2D eigenvalue weighted by Gasteiger charge is 2.30. The number of hydrogen-bond donors (Lipinski definition) is 0. The van der Waals surface area contributed by atoms with Crippen LogP contribution in [0.25, 0.3) is 0 Å². The Morgan fingerprint density at radius 2 is 1.90 bits per heavy atom. The molecule has 0 saturated carbocycles. The van der Waals surface area contributed by atoms with Crippen molar-refractivity contribution in [3.63, 3.8) is 0 Å². The molecule has 0 N–H and O–H groups in total. The summed E-state index contributed by atoms with van der Waals surface area (Å²) in [6.45, 7) is 4.15. The first kappa shape index (κ1) is 21.6. The molecule has 1 heterocycles. The van der Waals surface area contributed by atoms with Crippen molar-refractivity contribution in [3.8, 4) is 0 Å². The van der Waals surface area contributed by atoms with Crippen LogP contribution in [0.1, 0.15) is 17.5 Å². The van der Waals surface area contributed by atoms with Gasteiger partial charge in [-0.05, 0) is 49.2 Å². The molecule has 1 aliphatic heterocycles. The smallest absolute Gasteiger partial charge is 0.379 e. The maximum absolute atomic E-state index is 12.9. The summed E-state index contributed by atoms with van der Waals surface area (Å²) in [6.07, 6.45) is -2.88. The fourth-order valence-electron chi connectivity index (χ4n) is 3.14. The molecule has 29 heavy (non-hydrogen) atoms. The van der Waals surface area contributed by atoms with Crippen molar-refractivity contribution >= 4 is 17.4 Å². The number of nitro benzene ring substituents is 1. The summed E-state index contributed by atoms with van der Waals surface area (Å²) < 4.78 is 44.0. The largest absolute Gasteiger partial charge is 0.416 e. The lowest BCUT2D eigenvalue weighted by molar-refractivity contribution is -0.387. The molecular formula is C20H21F3N2O3S. The van der Waals surface area contributed by atoms with E-state index in [4.69, 9.17) is 4.74 Å². The molecule has 0 radical (unpaired) electrons. The minimum atomic E-state index is -4.45. The van der Waals surface area contributed by atoms with Crippen LogP contribution in [0.4, 0.5) is 18.9 Å². The Morgan fingerprint density at radius 3 is 2.59 bits per heavy atom. The monoisotopic (exact) mass is 426 g/mol. The van der Waals surface area contributed by atoms with E-state index in [2.05, 4.69) is 4.90 Å². The quantitative estimate of drug-likeness (QED) is 0.459. The molecule has 9 heteroatoms. The van der Waals surface area contributed by atoms with Gasteiger partial charge < -0.3 is 4.74 Å². The molecule has 156 valence electrons. The van der Waals surface area contributed by atoms with E-state index < -0.39 is 16.7 Å². The Kier molecular flexibility index (Phi) is 7.15. The molecule has 0 amide bonds. The van der Waals surface area contributed by atoms with E-state index in [9.17, 15) is 23.3 Å². The van der Waals surface area contributed by atoms with E-state index in [1.807, 2.05) is 6.07 Å². The lowest BCUT2D eigenvalue weighted by atomic mass is 10.1. The molecule has 0 aliphatic carbocycles. The van der Waals surface area contributed by atoms with Gasteiger partial charge in [0.1, 0.15) is 0 Å². The SMILES string of the molecule is O=[N+]([O-])c1cc(CCCN2CCOCC2)ccc1Sc1cccc(C(F)(F)F)c1. The Hall–Kier alpha value is -2.10. The van der Waals surface area contributed by atoms with Crippen LogP contribution in [0.2, 0.25) is 0 Å². The first-order valence-electron chi connectivity index (χ1n) is 9.25. The van der Waals surface area contributed by atoms with Crippen molar-refractivity contribution in [3.05, 3.63) is 63.7 Å². The van der Waals surface area contributed by atoms with Crippen LogP contribution in [0, 0.1) is 10.1 Å². The standard InChI is InChI=1S/C20H21F3N2O3S/c21-20(22,23)16-4-1-5-17(14-16)29-19-7-6-15(13-18(19)25(26)27)3-2-8-24-9-11-28-12-10-24/h1,4-7,13-14H,2-3,8-12H2. The highest BCUT2D eigenvalue weighted by atomic mass is 32.2. The van der Waals surface area contributed by atoms with Crippen molar-refractivity contribution in [1.29, 1.82) is 0 Å². The maximum Gasteiger partial charge on any atom is 0.416 e. The highest BCUT2D eigenvalue weighted by Crippen LogP contribution is 2.38. The number of rotatable bonds is 7. The second-order valence-corrected chi connectivity index (χ2v) is 7.86. The van der Waals surface area contributed by atoms with Crippen LogP contribution in [0.15, 0.2) is 52.3 Å². The van der Waals surface area contributed by atoms with Gasteiger partial charge in [-0.25, -0.2) is 0 Å². The molecule has 1 aliphatic rings. The number of ether oxygens (including phenoxy) is 1. The Morgan fingerprint density at radius 1 is 1.14 bits per heavy atom. The van der Waals surface area contributed by atoms with Crippen LogP contribution in [-0.4, -0.2) is 42.7 Å². The van der Waals surface area contributed by atoms with E-state index in [0.717, 1.165) is 68.7 Å². The number of morpholine rings is 1. The molecule has 0 atom stereocenters. The fourth-order valence-corrected chi connectivity index (χ4v) is 4.10. The van der Waals surface area contributed by atoms with Crippen LogP contribution in [0.3, 0.4) is 0 Å². The third-order valence-electron chi connectivity index (χ3n) is 4.65. The van der Waals surface area contributed by atoms with Crippen LogP contribution < -0.4 is 0 Å². The van der Waals surface area contributed by atoms with E-state index in [1.54, 1.807) is 6.07 Å². The van der Waals surface area contributed by atoms with Gasteiger partial charge in [-0.15, -0.1) is 0 Å². The van der Waals surface area contributed by atoms with Gasteiger partial charge in [0, 0.05) is 24.1 Å². The molecule has 1 fully saturated rings. The number of alkyl halides is 3. The van der Waals surface area contributed by atoms with Crippen LogP contribution >= 0.6 is 11.8 Å². The number of halogens is 3. The summed E-state index contributed by atoms with van der Waals surface area (Å²) in [7, 11) is 0. The molecule has 2 aromatic carbocycles. The zero-order valence-electron chi connectivity index (χ0n) is 15.7. The number of benzene rings is 2. The Bertz CT molecular complexity index is 855. The second kappa shape index (κ2) is 9.60. The third kappa shape index (κ3) is 6.19. The zero-order valence-corrected chi connectivity index (χ0v) is 16.5. The predicted molar refractivity (Wildman–Crippen MR) is 104 cm³/mol. The lowest BCUT2D eigenvalue weighted by Crippen LogP contribution is -2.36. The van der Waals surface area contributed by atoms with Gasteiger partial charge in [-0.2, -0.15) is 13.2 Å². The predicted octanol–water partition coefficient (Wildman–Crippen LogP) is 5.03. The summed E-state index contributed by atoms with van der Waals surface area (Å²) in [5, 5.41) is 11.5. The van der Waals surface area contributed by atoms with Crippen molar-refractivity contribution in [2.45, 2.75) is 28.8 Å². The molecule has 5 nitrogen and oxygen atoms in total. The normalized spacial score (nSPS) is 15.4. The molecule has 3 rings (SSSR count). The van der Waals surface area contributed by atoms with Gasteiger partial charge in [0.15, 0.2) is 0 Å². The third-order valence-corrected chi connectivity index (χ3v) is 5.71. The van der Waals surface area contributed by atoms with E-state index in [-0.39, 0.29) is 5.69 Å². The van der Waals surface area contributed by atoms with Gasteiger partial charge >= 0.3 is 6.18 Å². The van der Waals surface area contributed by atoms with E-state index in [0.29, 0.717) is 16.2 Å². The molecule has 0 bridgehead atoms. The molecule has 2 aromatic rings. The van der Waals surface area contributed by atoms with Crippen molar-refractivity contribution in [1.82, 2.24) is 4.90 Å². The number of nitrogens with zero attached hydrogens (tertiary/aromatic N) is 2. The fraction of sp³-hybridized carbons (Fsp3) is 0.400. The van der Waals surface area contributed by atoms with Gasteiger partial charge in [0.2, 0.25) is 0 Å². The molecular weight excluding hydrogens is 405 g/mol. The average Bonchev–Trinajstić information content (AvgIpc) is 2.69. The summed E-state index contributed by atoms with van der Waals surface area (Å²) in [6, 6.07) is 9.75.